The molecule has 0 saturated heterocycles. The number of carbonyl (C=O) groups is 1. The lowest BCUT2D eigenvalue weighted by atomic mass is 9.99. The van der Waals surface area contributed by atoms with E-state index in [9.17, 15) is 23.4 Å². The molecular formula is C28H35N3O5S. The predicted molar refractivity (Wildman–Crippen MR) is 145 cm³/mol. The Morgan fingerprint density at radius 3 is 2.24 bits per heavy atom. The molecule has 3 aromatic carbocycles. The van der Waals surface area contributed by atoms with E-state index in [1.807, 2.05) is 44.2 Å². The Morgan fingerprint density at radius 1 is 0.973 bits per heavy atom. The third-order valence-electron chi connectivity index (χ3n) is 6.11. The Bertz CT molecular complexity index is 1300. The lowest BCUT2D eigenvalue weighted by Gasteiger charge is -2.31. The number of anilines is 1. The molecule has 0 bridgehead atoms. The van der Waals surface area contributed by atoms with Crippen LogP contribution in [0.4, 0.5) is 5.69 Å². The molecule has 8 nitrogen and oxygen atoms in total. The number of nitrogens with zero attached hydrogens (tertiary/aromatic N) is 1. The van der Waals surface area contributed by atoms with Crippen molar-refractivity contribution in [1.29, 1.82) is 0 Å². The van der Waals surface area contributed by atoms with Gasteiger partial charge in [0.15, 0.2) is 0 Å². The standard InChI is InChI=1S/C28H35N3O5S/c1-19(2)17-31(37(35,36)23-14-12-22(29)13-15-23)18-27(33)25(16-21-8-5-4-6-9-21)30-28(34)24-10-7-11-26(32)20(24)3/h4-15,19,25,27,32-33H,16-18,29H2,1-3H3,(H,30,34)/t25-,27+/m0/s1. The van der Waals surface area contributed by atoms with Gasteiger partial charge < -0.3 is 21.3 Å². The summed E-state index contributed by atoms with van der Waals surface area (Å²) in [4.78, 5) is 13.2. The zero-order valence-corrected chi connectivity index (χ0v) is 22.2. The van der Waals surface area contributed by atoms with E-state index in [1.165, 1.54) is 34.6 Å². The molecule has 0 heterocycles. The zero-order chi connectivity index (χ0) is 27.2. The quantitative estimate of drug-likeness (QED) is 0.284. The van der Waals surface area contributed by atoms with Crippen LogP contribution in [-0.4, -0.2) is 54.1 Å². The molecule has 0 unspecified atom stereocenters. The molecular weight excluding hydrogens is 490 g/mol. The first kappa shape index (κ1) is 28.2. The number of nitrogens with two attached hydrogens (primary N) is 1. The molecule has 0 radical (unpaired) electrons. The minimum absolute atomic E-state index is 0.00661. The number of aromatic hydroxyl groups is 1. The maximum absolute atomic E-state index is 13.5. The van der Waals surface area contributed by atoms with Crippen molar-refractivity contribution in [2.75, 3.05) is 18.8 Å². The number of rotatable bonds is 11. The predicted octanol–water partition coefficient (Wildman–Crippen LogP) is 3.33. The van der Waals surface area contributed by atoms with Gasteiger partial charge in [0.2, 0.25) is 10.0 Å². The van der Waals surface area contributed by atoms with Crippen molar-refractivity contribution >= 4 is 21.6 Å². The number of benzene rings is 3. The average molecular weight is 526 g/mol. The Morgan fingerprint density at radius 2 is 1.62 bits per heavy atom. The summed E-state index contributed by atoms with van der Waals surface area (Å²) in [6, 6.07) is 19.1. The number of nitrogens with one attached hydrogen (secondary N) is 1. The molecule has 37 heavy (non-hydrogen) atoms. The van der Waals surface area contributed by atoms with E-state index >= 15 is 0 Å². The number of amides is 1. The van der Waals surface area contributed by atoms with Gasteiger partial charge in [-0.25, -0.2) is 8.42 Å². The van der Waals surface area contributed by atoms with E-state index in [1.54, 1.807) is 19.1 Å². The maximum Gasteiger partial charge on any atom is 0.252 e. The fourth-order valence-corrected chi connectivity index (χ4v) is 5.69. The van der Waals surface area contributed by atoms with Crippen LogP contribution in [0.2, 0.25) is 0 Å². The Hall–Kier alpha value is -3.40. The van der Waals surface area contributed by atoms with Crippen LogP contribution in [0.15, 0.2) is 77.7 Å². The number of aliphatic hydroxyl groups excluding tert-OH is 1. The first-order chi connectivity index (χ1) is 17.5. The summed E-state index contributed by atoms with van der Waals surface area (Å²) in [5, 5.41) is 24.2. The summed E-state index contributed by atoms with van der Waals surface area (Å²) >= 11 is 0. The molecule has 3 rings (SSSR count). The molecule has 0 fully saturated rings. The van der Waals surface area contributed by atoms with Crippen LogP contribution in [0.1, 0.15) is 35.3 Å². The van der Waals surface area contributed by atoms with Crippen LogP contribution in [0.3, 0.4) is 0 Å². The summed E-state index contributed by atoms with van der Waals surface area (Å²) in [7, 11) is -3.94. The number of nitrogen functional groups attached to an aromatic ring is 1. The summed E-state index contributed by atoms with van der Waals surface area (Å²) in [6.45, 7) is 5.39. The van der Waals surface area contributed by atoms with Gasteiger partial charge in [-0.3, -0.25) is 4.79 Å². The molecule has 0 saturated carbocycles. The highest BCUT2D eigenvalue weighted by molar-refractivity contribution is 7.89. The van der Waals surface area contributed by atoms with Crippen molar-refractivity contribution in [2.45, 2.75) is 44.2 Å². The molecule has 0 aliphatic rings. The number of hydrogen-bond acceptors (Lipinski definition) is 6. The fourth-order valence-electron chi connectivity index (χ4n) is 4.07. The van der Waals surface area contributed by atoms with Gasteiger partial charge in [0.25, 0.3) is 5.91 Å². The van der Waals surface area contributed by atoms with E-state index < -0.39 is 28.1 Å². The van der Waals surface area contributed by atoms with Crippen LogP contribution in [0.25, 0.3) is 0 Å². The highest BCUT2D eigenvalue weighted by atomic mass is 32.2. The second-order valence-electron chi connectivity index (χ2n) is 9.57. The first-order valence-electron chi connectivity index (χ1n) is 12.2. The SMILES string of the molecule is Cc1c(O)cccc1C(=O)N[C@@H](Cc1ccccc1)[C@H](O)CN(CC(C)C)S(=O)(=O)c1ccc(N)cc1. The molecule has 0 aliphatic heterocycles. The molecule has 0 aliphatic carbocycles. The van der Waals surface area contributed by atoms with Gasteiger partial charge in [-0.1, -0.05) is 50.2 Å². The minimum Gasteiger partial charge on any atom is -0.508 e. The summed E-state index contributed by atoms with van der Waals surface area (Å²) in [5.41, 5.74) is 7.74. The van der Waals surface area contributed by atoms with Gasteiger partial charge in [-0.2, -0.15) is 4.31 Å². The Balaban J connectivity index is 1.91. The summed E-state index contributed by atoms with van der Waals surface area (Å²) in [6.07, 6.45) is -0.938. The molecule has 5 N–H and O–H groups in total. The van der Waals surface area contributed by atoms with Gasteiger partial charge in [0, 0.05) is 29.9 Å². The molecule has 1 amide bonds. The second kappa shape index (κ2) is 12.2. The molecule has 0 spiro atoms. The van der Waals surface area contributed by atoms with Crippen molar-refractivity contribution in [2.24, 2.45) is 5.92 Å². The van der Waals surface area contributed by atoms with Crippen molar-refractivity contribution in [3.05, 3.63) is 89.5 Å². The Kier molecular flexibility index (Phi) is 9.31. The smallest absolute Gasteiger partial charge is 0.252 e. The highest BCUT2D eigenvalue weighted by Crippen LogP contribution is 2.22. The van der Waals surface area contributed by atoms with Crippen LogP contribution < -0.4 is 11.1 Å². The van der Waals surface area contributed by atoms with Crippen LogP contribution >= 0.6 is 0 Å². The fraction of sp³-hybridized carbons (Fsp3) is 0.321. The van der Waals surface area contributed by atoms with E-state index in [-0.39, 0.29) is 41.6 Å². The normalized spacial score (nSPS) is 13.5. The number of hydrogen-bond donors (Lipinski definition) is 4. The molecule has 198 valence electrons. The second-order valence-corrected chi connectivity index (χ2v) is 11.5. The van der Waals surface area contributed by atoms with Gasteiger partial charge in [-0.15, -0.1) is 0 Å². The number of phenolic OH excluding ortho intramolecular Hbond substituents is 1. The zero-order valence-electron chi connectivity index (χ0n) is 21.3. The molecule has 0 aromatic heterocycles. The molecule has 3 aromatic rings. The lowest BCUT2D eigenvalue weighted by Crippen LogP contribution is -2.51. The van der Waals surface area contributed by atoms with Crippen LogP contribution in [0, 0.1) is 12.8 Å². The Labute approximate surface area is 218 Å². The van der Waals surface area contributed by atoms with Gasteiger partial charge in [0.05, 0.1) is 17.0 Å². The van der Waals surface area contributed by atoms with Gasteiger partial charge in [-0.05, 0) is 61.2 Å². The van der Waals surface area contributed by atoms with Gasteiger partial charge >= 0.3 is 0 Å². The summed E-state index contributed by atoms with van der Waals surface area (Å²) < 4.78 is 28.2. The van der Waals surface area contributed by atoms with E-state index in [0.717, 1.165) is 5.56 Å². The lowest BCUT2D eigenvalue weighted by molar-refractivity contribution is 0.0775. The number of phenols is 1. The third kappa shape index (κ3) is 7.31. The van der Waals surface area contributed by atoms with Crippen LogP contribution in [-0.2, 0) is 16.4 Å². The number of sulfonamides is 1. The van der Waals surface area contributed by atoms with E-state index in [2.05, 4.69) is 5.32 Å². The van der Waals surface area contributed by atoms with Gasteiger partial charge in [0.1, 0.15) is 5.75 Å². The summed E-state index contributed by atoms with van der Waals surface area (Å²) in [5.74, 6) is -0.483. The minimum atomic E-state index is -3.94. The number of aliphatic hydroxyl groups is 1. The maximum atomic E-state index is 13.5. The number of carbonyl (C=O) groups excluding carboxylic acids is 1. The monoisotopic (exact) mass is 525 g/mol. The average Bonchev–Trinajstić information content (AvgIpc) is 2.85. The molecule has 2 atom stereocenters. The van der Waals surface area contributed by atoms with Crippen molar-refractivity contribution < 1.29 is 23.4 Å². The van der Waals surface area contributed by atoms with Crippen molar-refractivity contribution in [3.8, 4) is 5.75 Å². The van der Waals surface area contributed by atoms with E-state index in [4.69, 9.17) is 5.73 Å². The third-order valence-corrected chi connectivity index (χ3v) is 7.95. The van der Waals surface area contributed by atoms with E-state index in [0.29, 0.717) is 11.3 Å². The van der Waals surface area contributed by atoms with Crippen molar-refractivity contribution in [3.63, 3.8) is 0 Å². The highest BCUT2D eigenvalue weighted by Gasteiger charge is 2.31. The van der Waals surface area contributed by atoms with Crippen LogP contribution in [0.5, 0.6) is 5.75 Å². The molecule has 9 heteroatoms. The topological polar surface area (TPSA) is 133 Å². The first-order valence-corrected chi connectivity index (χ1v) is 13.6. The van der Waals surface area contributed by atoms with Crippen molar-refractivity contribution in [1.82, 2.24) is 9.62 Å². The largest absolute Gasteiger partial charge is 0.508 e.